The van der Waals surface area contributed by atoms with E-state index in [1.165, 1.54) is 10.5 Å². The lowest BCUT2D eigenvalue weighted by molar-refractivity contribution is 0.281. The molecule has 1 unspecified atom stereocenters. The Morgan fingerprint density at radius 1 is 0.971 bits per heavy atom. The lowest BCUT2D eigenvalue weighted by atomic mass is 9.79. The molecule has 0 amide bonds. The number of nitrogens with zero attached hydrogens (tertiary/aromatic N) is 2. The van der Waals surface area contributed by atoms with Crippen molar-refractivity contribution in [3.63, 3.8) is 0 Å². The largest absolute Gasteiger partial charge is 0.305 e. The fourth-order valence-corrected chi connectivity index (χ4v) is 4.79. The van der Waals surface area contributed by atoms with Gasteiger partial charge in [0.1, 0.15) is 0 Å². The Hall–Kier alpha value is -2.76. The third-order valence-electron chi connectivity index (χ3n) is 6.30. The second kappa shape index (κ2) is 11.6. The van der Waals surface area contributed by atoms with Crippen LogP contribution in [0.5, 0.6) is 0 Å². The molecule has 0 heterocycles. The molecule has 3 aromatic carbocycles. The van der Waals surface area contributed by atoms with Gasteiger partial charge < -0.3 is 5.32 Å². The number of benzene rings is 3. The van der Waals surface area contributed by atoms with Gasteiger partial charge in [-0.3, -0.25) is 0 Å². The minimum absolute atomic E-state index is 0.0301. The Morgan fingerprint density at radius 2 is 1.65 bits per heavy atom. The summed E-state index contributed by atoms with van der Waals surface area (Å²) in [5, 5.41) is 23.9. The fourth-order valence-electron chi connectivity index (χ4n) is 4.26. The van der Waals surface area contributed by atoms with Crippen LogP contribution in [0.25, 0.3) is 0 Å². The first-order valence-electron chi connectivity index (χ1n) is 11.3. The molecule has 5 heteroatoms. The summed E-state index contributed by atoms with van der Waals surface area (Å²) in [4.78, 5) is 1.19. The molecule has 0 fully saturated rings. The molecule has 0 aliphatic carbocycles. The van der Waals surface area contributed by atoms with E-state index in [0.29, 0.717) is 10.6 Å². The Kier molecular flexibility index (Phi) is 8.81. The van der Waals surface area contributed by atoms with Gasteiger partial charge in [-0.15, -0.1) is 11.8 Å². The molecule has 0 saturated heterocycles. The van der Waals surface area contributed by atoms with Crippen molar-refractivity contribution in [3.05, 3.63) is 100 Å². The first kappa shape index (κ1) is 25.9. The van der Waals surface area contributed by atoms with Gasteiger partial charge in [-0.1, -0.05) is 48.0 Å². The number of nitrogens with one attached hydrogen (secondary N) is 1. The number of nitriles is 2. The standard InChI is InChI=1S/C29H30ClN3S/c1-20(33-28(29(2,3)19-32)23-10-14-26(34-4)15-11-23)27(17-21-8-12-25(30)13-9-21)24-7-5-6-22(16-24)18-31/h5-16,20,27-28,33H,17H2,1-4H3/t20-,27+,28?/m0/s1. The maximum atomic E-state index is 9.98. The van der Waals surface area contributed by atoms with Crippen LogP contribution < -0.4 is 5.32 Å². The summed E-state index contributed by atoms with van der Waals surface area (Å²) < 4.78 is 0. The molecule has 3 rings (SSSR count). The van der Waals surface area contributed by atoms with Crippen molar-refractivity contribution in [2.24, 2.45) is 5.41 Å². The van der Waals surface area contributed by atoms with E-state index in [2.05, 4.69) is 61.0 Å². The topological polar surface area (TPSA) is 59.6 Å². The molecular formula is C29H30ClN3S. The zero-order valence-electron chi connectivity index (χ0n) is 20.0. The third kappa shape index (κ3) is 6.43. The van der Waals surface area contributed by atoms with E-state index in [4.69, 9.17) is 11.6 Å². The molecule has 3 atom stereocenters. The molecule has 0 bridgehead atoms. The zero-order valence-corrected chi connectivity index (χ0v) is 21.6. The molecule has 0 saturated carbocycles. The minimum Gasteiger partial charge on any atom is -0.305 e. The highest BCUT2D eigenvalue weighted by Crippen LogP contribution is 2.36. The smallest absolute Gasteiger partial charge is 0.0991 e. The van der Waals surface area contributed by atoms with Crippen LogP contribution in [0.3, 0.4) is 0 Å². The van der Waals surface area contributed by atoms with Crippen molar-refractivity contribution < 1.29 is 0 Å². The van der Waals surface area contributed by atoms with Crippen LogP contribution in [0.2, 0.25) is 5.02 Å². The number of halogens is 1. The number of hydrogen-bond acceptors (Lipinski definition) is 4. The Labute approximate surface area is 212 Å². The minimum atomic E-state index is -0.617. The van der Waals surface area contributed by atoms with Crippen molar-refractivity contribution >= 4 is 23.4 Å². The van der Waals surface area contributed by atoms with Crippen LogP contribution in [0.15, 0.2) is 77.7 Å². The van der Waals surface area contributed by atoms with E-state index >= 15 is 0 Å². The predicted octanol–water partition coefficient (Wildman–Crippen LogP) is 7.53. The molecule has 0 aromatic heterocycles. The highest BCUT2D eigenvalue weighted by atomic mass is 35.5. The van der Waals surface area contributed by atoms with Crippen LogP contribution in [0.1, 0.15) is 55.0 Å². The van der Waals surface area contributed by atoms with Crippen LogP contribution in [0.4, 0.5) is 0 Å². The van der Waals surface area contributed by atoms with Gasteiger partial charge in [-0.25, -0.2) is 0 Å². The Bertz CT molecular complexity index is 1170. The summed E-state index contributed by atoms with van der Waals surface area (Å²) in [5.41, 5.74) is 3.39. The highest BCUT2D eigenvalue weighted by Gasteiger charge is 2.34. The summed E-state index contributed by atoms with van der Waals surface area (Å²) in [6.45, 7) is 6.12. The van der Waals surface area contributed by atoms with Gasteiger partial charge in [0.15, 0.2) is 0 Å². The van der Waals surface area contributed by atoms with Gasteiger partial charge in [-0.05, 0) is 86.5 Å². The van der Waals surface area contributed by atoms with Crippen molar-refractivity contribution in [2.75, 3.05) is 6.26 Å². The number of hydrogen-bond donors (Lipinski definition) is 1. The molecule has 3 nitrogen and oxygen atoms in total. The van der Waals surface area contributed by atoms with Gasteiger partial charge in [0.05, 0.1) is 29.2 Å². The van der Waals surface area contributed by atoms with Gasteiger partial charge in [0.2, 0.25) is 0 Å². The lowest BCUT2D eigenvalue weighted by Crippen LogP contribution is -2.42. The Balaban J connectivity index is 1.98. The molecule has 0 aliphatic rings. The van der Waals surface area contributed by atoms with E-state index in [-0.39, 0.29) is 18.0 Å². The SMILES string of the molecule is CSc1ccc(C(N[C@@H](C)[C@@H](Cc2ccc(Cl)cc2)c2cccc(C#N)c2)C(C)(C)C#N)cc1. The van der Waals surface area contributed by atoms with E-state index in [1.54, 1.807) is 11.8 Å². The van der Waals surface area contributed by atoms with E-state index in [0.717, 1.165) is 17.5 Å². The second-order valence-electron chi connectivity index (χ2n) is 9.17. The van der Waals surface area contributed by atoms with Crippen LogP contribution in [-0.2, 0) is 6.42 Å². The summed E-state index contributed by atoms with van der Waals surface area (Å²) in [7, 11) is 0. The van der Waals surface area contributed by atoms with Gasteiger partial charge in [0.25, 0.3) is 0 Å². The van der Waals surface area contributed by atoms with Gasteiger partial charge in [-0.2, -0.15) is 10.5 Å². The van der Waals surface area contributed by atoms with Gasteiger partial charge in [0, 0.05) is 21.9 Å². The normalized spacial score (nSPS) is 14.0. The van der Waals surface area contributed by atoms with Gasteiger partial charge >= 0.3 is 0 Å². The van der Waals surface area contributed by atoms with Crippen LogP contribution in [-0.4, -0.2) is 12.3 Å². The van der Waals surface area contributed by atoms with E-state index in [1.807, 2.05) is 56.3 Å². The van der Waals surface area contributed by atoms with Crippen molar-refractivity contribution in [2.45, 2.75) is 50.1 Å². The van der Waals surface area contributed by atoms with Crippen molar-refractivity contribution in [3.8, 4) is 12.1 Å². The third-order valence-corrected chi connectivity index (χ3v) is 7.30. The number of rotatable bonds is 9. The summed E-state index contributed by atoms with van der Waals surface area (Å²) in [6, 6.07) is 28.8. The van der Waals surface area contributed by atoms with Crippen molar-refractivity contribution in [1.29, 1.82) is 10.5 Å². The Morgan fingerprint density at radius 3 is 2.24 bits per heavy atom. The summed E-state index contributed by atoms with van der Waals surface area (Å²) in [6.07, 6.45) is 2.84. The van der Waals surface area contributed by atoms with Crippen molar-refractivity contribution in [1.82, 2.24) is 5.32 Å². The second-order valence-corrected chi connectivity index (χ2v) is 10.5. The molecule has 0 radical (unpaired) electrons. The lowest BCUT2D eigenvalue weighted by Gasteiger charge is -2.36. The van der Waals surface area contributed by atoms with Crippen LogP contribution in [0, 0.1) is 28.1 Å². The average molecular weight is 488 g/mol. The molecule has 3 aromatic rings. The molecule has 1 N–H and O–H groups in total. The number of thioether (sulfide) groups is 1. The van der Waals surface area contributed by atoms with Crippen LogP contribution >= 0.6 is 23.4 Å². The highest BCUT2D eigenvalue weighted by molar-refractivity contribution is 7.98. The summed E-state index contributed by atoms with van der Waals surface area (Å²) >= 11 is 7.81. The van der Waals surface area contributed by atoms with E-state index in [9.17, 15) is 10.5 Å². The zero-order chi connectivity index (χ0) is 24.7. The summed E-state index contributed by atoms with van der Waals surface area (Å²) in [5.74, 6) is 0.0944. The first-order chi connectivity index (χ1) is 16.3. The first-order valence-corrected chi connectivity index (χ1v) is 12.9. The average Bonchev–Trinajstić information content (AvgIpc) is 2.86. The monoisotopic (exact) mass is 487 g/mol. The molecule has 0 aliphatic heterocycles. The maximum absolute atomic E-state index is 9.98. The molecule has 0 spiro atoms. The predicted molar refractivity (Wildman–Crippen MR) is 142 cm³/mol. The van der Waals surface area contributed by atoms with E-state index < -0.39 is 5.41 Å². The maximum Gasteiger partial charge on any atom is 0.0991 e. The molecule has 34 heavy (non-hydrogen) atoms. The fraction of sp³-hybridized carbons (Fsp3) is 0.310. The molecule has 174 valence electrons. The molecular weight excluding hydrogens is 458 g/mol. The quantitative estimate of drug-likeness (QED) is 0.317.